The van der Waals surface area contributed by atoms with Crippen LogP contribution < -0.4 is 11.1 Å². The van der Waals surface area contributed by atoms with Gasteiger partial charge >= 0.3 is 0 Å². The molecule has 2 atom stereocenters. The molecule has 27 heavy (non-hydrogen) atoms. The first-order chi connectivity index (χ1) is 13.1. The number of primary amides is 1. The SMILES string of the molecule is NC(=O)[C@H](Cc1c2ccccc2cc2ccccc12)NC(=O)[C@H]1CCCO1. The van der Waals surface area contributed by atoms with Crippen LogP contribution in [0.3, 0.4) is 0 Å². The summed E-state index contributed by atoms with van der Waals surface area (Å²) in [4.78, 5) is 24.5. The van der Waals surface area contributed by atoms with Crippen LogP contribution in [0.1, 0.15) is 18.4 Å². The Labute approximate surface area is 157 Å². The minimum Gasteiger partial charge on any atom is -0.368 e. The van der Waals surface area contributed by atoms with E-state index in [0.717, 1.165) is 33.5 Å². The standard InChI is InChI=1S/C22H22N2O3/c23-21(25)19(24-22(26)20-10-5-11-27-20)13-18-16-8-3-1-6-14(16)12-15-7-2-4-9-17(15)18/h1-4,6-9,12,19-20H,5,10-11,13H2,(H2,23,25)(H,24,26)/t19-,20+/m0/s1. The molecule has 138 valence electrons. The molecule has 0 aliphatic carbocycles. The van der Waals surface area contributed by atoms with E-state index in [9.17, 15) is 9.59 Å². The molecule has 5 nitrogen and oxygen atoms in total. The third-order valence-electron chi connectivity index (χ3n) is 5.17. The lowest BCUT2D eigenvalue weighted by atomic mass is 9.92. The molecule has 1 fully saturated rings. The van der Waals surface area contributed by atoms with Gasteiger partial charge in [0.05, 0.1) is 0 Å². The molecular weight excluding hydrogens is 340 g/mol. The number of amides is 2. The van der Waals surface area contributed by atoms with E-state index in [4.69, 9.17) is 10.5 Å². The predicted molar refractivity (Wildman–Crippen MR) is 105 cm³/mol. The van der Waals surface area contributed by atoms with Crippen molar-refractivity contribution in [3.8, 4) is 0 Å². The molecule has 3 N–H and O–H groups in total. The van der Waals surface area contributed by atoms with Crippen molar-refractivity contribution in [2.75, 3.05) is 6.61 Å². The molecule has 0 saturated carbocycles. The van der Waals surface area contributed by atoms with Gasteiger partial charge in [0.1, 0.15) is 12.1 Å². The molecule has 3 aromatic rings. The van der Waals surface area contributed by atoms with Crippen LogP contribution in [-0.4, -0.2) is 30.6 Å². The van der Waals surface area contributed by atoms with Crippen molar-refractivity contribution in [3.63, 3.8) is 0 Å². The third kappa shape index (κ3) is 3.51. The maximum atomic E-state index is 12.4. The number of carbonyl (C=O) groups is 2. The Hall–Kier alpha value is -2.92. The van der Waals surface area contributed by atoms with Crippen LogP contribution in [0.4, 0.5) is 0 Å². The molecule has 1 heterocycles. The molecule has 1 aliphatic rings. The van der Waals surface area contributed by atoms with Crippen molar-refractivity contribution in [3.05, 3.63) is 60.2 Å². The molecule has 3 aromatic carbocycles. The molecule has 0 bridgehead atoms. The second-order valence-corrected chi connectivity index (χ2v) is 6.97. The van der Waals surface area contributed by atoms with Gasteiger partial charge in [-0.05, 0) is 46.0 Å². The summed E-state index contributed by atoms with van der Waals surface area (Å²) in [5.74, 6) is -0.806. The maximum absolute atomic E-state index is 12.4. The molecule has 0 aromatic heterocycles. The number of carbonyl (C=O) groups excluding carboxylic acids is 2. The van der Waals surface area contributed by atoms with Gasteiger partial charge in [-0.25, -0.2) is 0 Å². The molecule has 0 unspecified atom stereocenters. The van der Waals surface area contributed by atoms with Crippen LogP contribution in [0.5, 0.6) is 0 Å². The van der Waals surface area contributed by atoms with Crippen LogP contribution in [0, 0.1) is 0 Å². The Bertz CT molecular complexity index is 955. The number of benzene rings is 3. The first-order valence-electron chi connectivity index (χ1n) is 9.24. The maximum Gasteiger partial charge on any atom is 0.249 e. The van der Waals surface area contributed by atoms with Crippen molar-refractivity contribution in [2.24, 2.45) is 5.73 Å². The van der Waals surface area contributed by atoms with E-state index in [0.29, 0.717) is 19.4 Å². The van der Waals surface area contributed by atoms with E-state index in [-0.39, 0.29) is 5.91 Å². The molecule has 2 amide bonds. The largest absolute Gasteiger partial charge is 0.368 e. The van der Waals surface area contributed by atoms with Crippen molar-refractivity contribution >= 4 is 33.4 Å². The van der Waals surface area contributed by atoms with Crippen molar-refractivity contribution < 1.29 is 14.3 Å². The zero-order chi connectivity index (χ0) is 18.8. The van der Waals surface area contributed by atoms with E-state index in [1.165, 1.54) is 0 Å². The topological polar surface area (TPSA) is 81.4 Å². The number of nitrogens with two attached hydrogens (primary N) is 1. The van der Waals surface area contributed by atoms with Gasteiger partial charge in [0.2, 0.25) is 11.8 Å². The van der Waals surface area contributed by atoms with Crippen LogP contribution >= 0.6 is 0 Å². The summed E-state index contributed by atoms with van der Waals surface area (Å²) in [7, 11) is 0. The van der Waals surface area contributed by atoms with Crippen LogP contribution in [0.2, 0.25) is 0 Å². The van der Waals surface area contributed by atoms with Crippen molar-refractivity contribution in [2.45, 2.75) is 31.4 Å². The molecule has 0 radical (unpaired) electrons. The Kier molecular flexibility index (Phi) is 4.77. The van der Waals surface area contributed by atoms with Gasteiger partial charge in [0, 0.05) is 13.0 Å². The second kappa shape index (κ2) is 7.37. The normalized spacial score (nSPS) is 17.9. The highest BCUT2D eigenvalue weighted by molar-refractivity contribution is 6.03. The molecule has 1 aliphatic heterocycles. The van der Waals surface area contributed by atoms with Crippen LogP contribution in [-0.2, 0) is 20.7 Å². The summed E-state index contributed by atoms with van der Waals surface area (Å²) in [6.45, 7) is 0.577. The van der Waals surface area contributed by atoms with E-state index < -0.39 is 18.1 Å². The number of ether oxygens (including phenoxy) is 1. The highest BCUT2D eigenvalue weighted by Gasteiger charge is 2.28. The number of hydrogen-bond donors (Lipinski definition) is 2. The first-order valence-corrected chi connectivity index (χ1v) is 9.24. The zero-order valence-electron chi connectivity index (χ0n) is 15.0. The van der Waals surface area contributed by atoms with Crippen molar-refractivity contribution in [1.29, 1.82) is 0 Å². The van der Waals surface area contributed by atoms with E-state index >= 15 is 0 Å². The van der Waals surface area contributed by atoms with Gasteiger partial charge in [-0.1, -0.05) is 48.5 Å². The summed E-state index contributed by atoms with van der Waals surface area (Å²) in [6.07, 6.45) is 1.38. The van der Waals surface area contributed by atoms with Gasteiger partial charge in [-0.2, -0.15) is 0 Å². The third-order valence-corrected chi connectivity index (χ3v) is 5.17. The number of nitrogens with one attached hydrogen (secondary N) is 1. The lowest BCUT2D eigenvalue weighted by Crippen LogP contribution is -2.49. The zero-order valence-corrected chi connectivity index (χ0v) is 15.0. The van der Waals surface area contributed by atoms with Gasteiger partial charge in [-0.3, -0.25) is 9.59 Å². The predicted octanol–water partition coefficient (Wildman–Crippen LogP) is 2.68. The lowest BCUT2D eigenvalue weighted by Gasteiger charge is -2.20. The summed E-state index contributed by atoms with van der Waals surface area (Å²) >= 11 is 0. The second-order valence-electron chi connectivity index (χ2n) is 6.97. The summed E-state index contributed by atoms with van der Waals surface area (Å²) in [5.41, 5.74) is 6.64. The van der Waals surface area contributed by atoms with Gasteiger partial charge in [0.15, 0.2) is 0 Å². The van der Waals surface area contributed by atoms with Crippen LogP contribution in [0.15, 0.2) is 54.6 Å². The smallest absolute Gasteiger partial charge is 0.249 e. The molecule has 5 heteroatoms. The minimum atomic E-state index is -0.782. The van der Waals surface area contributed by atoms with Gasteiger partial charge in [0.25, 0.3) is 0 Å². The van der Waals surface area contributed by atoms with Gasteiger partial charge < -0.3 is 15.8 Å². The highest BCUT2D eigenvalue weighted by Crippen LogP contribution is 2.29. The Balaban J connectivity index is 1.72. The van der Waals surface area contributed by atoms with E-state index in [1.807, 2.05) is 36.4 Å². The fourth-order valence-corrected chi connectivity index (χ4v) is 3.80. The average Bonchev–Trinajstić information content (AvgIpc) is 3.21. The van der Waals surface area contributed by atoms with E-state index in [1.54, 1.807) is 0 Å². The van der Waals surface area contributed by atoms with Gasteiger partial charge in [-0.15, -0.1) is 0 Å². The quantitative estimate of drug-likeness (QED) is 0.685. The van der Waals surface area contributed by atoms with E-state index in [2.05, 4.69) is 23.5 Å². The van der Waals surface area contributed by atoms with Crippen LogP contribution in [0.25, 0.3) is 21.5 Å². The summed E-state index contributed by atoms with van der Waals surface area (Å²) < 4.78 is 5.42. The fourth-order valence-electron chi connectivity index (χ4n) is 3.80. The number of fused-ring (bicyclic) bond motifs is 2. The average molecular weight is 362 g/mol. The highest BCUT2D eigenvalue weighted by atomic mass is 16.5. The summed E-state index contributed by atoms with van der Waals surface area (Å²) in [5, 5.41) is 7.12. The number of hydrogen-bond acceptors (Lipinski definition) is 3. The molecule has 1 saturated heterocycles. The molecule has 0 spiro atoms. The number of rotatable bonds is 5. The molecule has 4 rings (SSSR count). The monoisotopic (exact) mass is 362 g/mol. The fraction of sp³-hybridized carbons (Fsp3) is 0.273. The first kappa shape index (κ1) is 17.5. The minimum absolute atomic E-state index is 0.263. The Morgan fingerprint density at radius 3 is 2.26 bits per heavy atom. The van der Waals surface area contributed by atoms with Crippen molar-refractivity contribution in [1.82, 2.24) is 5.32 Å². The Morgan fingerprint density at radius 1 is 1.07 bits per heavy atom. The molecular formula is C22H22N2O3. The Morgan fingerprint density at radius 2 is 1.70 bits per heavy atom. The lowest BCUT2D eigenvalue weighted by molar-refractivity contribution is -0.133. The summed E-state index contributed by atoms with van der Waals surface area (Å²) in [6, 6.07) is 17.5.